The van der Waals surface area contributed by atoms with Gasteiger partial charge >= 0.3 is 0 Å². The maximum absolute atomic E-state index is 5.71. The van der Waals surface area contributed by atoms with Gasteiger partial charge in [-0.3, -0.25) is 4.90 Å². The Labute approximate surface area is 65.4 Å². The molecule has 0 fully saturated rings. The van der Waals surface area contributed by atoms with Gasteiger partial charge in [-0.05, 0) is 11.8 Å². The van der Waals surface area contributed by atoms with Crippen LogP contribution in [0.5, 0.6) is 0 Å². The first kappa shape index (κ1) is 9.96. The van der Waals surface area contributed by atoms with Gasteiger partial charge in [0.2, 0.25) is 0 Å². The van der Waals surface area contributed by atoms with Crippen LogP contribution in [0.2, 0.25) is 0 Å². The molecule has 0 aliphatic carbocycles. The molecule has 2 radical (unpaired) electrons. The highest BCUT2D eigenvalue weighted by Gasteiger charge is 2.03. The van der Waals surface area contributed by atoms with Crippen molar-refractivity contribution in [2.45, 2.75) is 27.7 Å². The fourth-order valence-electron chi connectivity index (χ4n) is 1.01. The van der Waals surface area contributed by atoms with Gasteiger partial charge in [0.05, 0.1) is 0 Å². The highest BCUT2D eigenvalue weighted by atomic mass is 15.1. The molecule has 0 atom stereocenters. The van der Waals surface area contributed by atoms with Crippen molar-refractivity contribution in [3.63, 3.8) is 0 Å². The molecule has 0 aromatic heterocycles. The van der Waals surface area contributed by atoms with E-state index in [2.05, 4.69) is 27.7 Å². The Kier molecular flexibility index (Phi) is 4.71. The SMILES string of the molecule is [CH]N(CC(C)C)CC(C)C. The van der Waals surface area contributed by atoms with E-state index in [-0.39, 0.29) is 0 Å². The van der Waals surface area contributed by atoms with E-state index in [0.29, 0.717) is 11.8 Å². The predicted molar refractivity (Wildman–Crippen MR) is 45.5 cm³/mol. The quantitative estimate of drug-likeness (QED) is 0.543. The normalized spacial score (nSPS) is 12.0. The van der Waals surface area contributed by atoms with E-state index in [1.165, 1.54) is 0 Å². The Bertz CT molecular complexity index is 66.8. The number of nitrogens with zero attached hydrogens (tertiary/aromatic N) is 1. The van der Waals surface area contributed by atoms with Gasteiger partial charge in [0.15, 0.2) is 0 Å². The lowest BCUT2D eigenvalue weighted by molar-refractivity contribution is 0.292. The third-order valence-electron chi connectivity index (χ3n) is 1.20. The smallest absolute Gasteiger partial charge is 0.0439 e. The predicted octanol–water partition coefficient (Wildman–Crippen LogP) is 2.27. The molecule has 0 heterocycles. The van der Waals surface area contributed by atoms with Gasteiger partial charge in [0.25, 0.3) is 0 Å². The molecule has 10 heavy (non-hydrogen) atoms. The van der Waals surface area contributed by atoms with Gasteiger partial charge in [0, 0.05) is 20.1 Å². The van der Waals surface area contributed by atoms with Crippen LogP contribution in [0.15, 0.2) is 0 Å². The van der Waals surface area contributed by atoms with E-state index in [1.54, 1.807) is 0 Å². The second kappa shape index (κ2) is 4.73. The molecule has 1 heteroatoms. The number of rotatable bonds is 4. The molecule has 0 aliphatic heterocycles. The summed E-state index contributed by atoms with van der Waals surface area (Å²) in [6.45, 7) is 10.7. The highest BCUT2D eigenvalue weighted by molar-refractivity contribution is 4.59. The first-order valence-electron chi connectivity index (χ1n) is 4.02. The average molecular weight is 141 g/mol. The van der Waals surface area contributed by atoms with E-state index >= 15 is 0 Å². The van der Waals surface area contributed by atoms with Gasteiger partial charge in [-0.2, -0.15) is 0 Å². The minimum atomic E-state index is 0.670. The molecule has 0 aliphatic rings. The van der Waals surface area contributed by atoms with Crippen LogP contribution >= 0.6 is 0 Å². The van der Waals surface area contributed by atoms with Crippen molar-refractivity contribution in [1.29, 1.82) is 0 Å². The summed E-state index contributed by atoms with van der Waals surface area (Å²) < 4.78 is 0. The van der Waals surface area contributed by atoms with Crippen LogP contribution in [0.3, 0.4) is 0 Å². The topological polar surface area (TPSA) is 3.24 Å². The summed E-state index contributed by atoms with van der Waals surface area (Å²) in [6.07, 6.45) is 0. The van der Waals surface area contributed by atoms with Crippen LogP contribution in [0, 0.1) is 18.9 Å². The standard InChI is InChI=1S/C9H19N/c1-8(2)6-10(5)7-9(3)4/h5,8-9H,6-7H2,1-4H3. The molecule has 0 amide bonds. The molecule has 0 unspecified atom stereocenters. The lowest BCUT2D eigenvalue weighted by Gasteiger charge is -2.19. The molecule has 0 aromatic carbocycles. The van der Waals surface area contributed by atoms with Gasteiger partial charge < -0.3 is 0 Å². The van der Waals surface area contributed by atoms with Gasteiger partial charge in [-0.15, -0.1) is 0 Å². The lowest BCUT2D eigenvalue weighted by atomic mass is 10.1. The Morgan fingerprint density at radius 2 is 1.30 bits per heavy atom. The molecule has 60 valence electrons. The maximum atomic E-state index is 5.71. The molecule has 0 spiro atoms. The molecular weight excluding hydrogens is 122 g/mol. The zero-order valence-electron chi connectivity index (χ0n) is 7.59. The van der Waals surface area contributed by atoms with E-state index < -0.39 is 0 Å². The molecular formula is C9H19N. The van der Waals surface area contributed by atoms with Crippen molar-refractivity contribution in [2.24, 2.45) is 11.8 Å². The van der Waals surface area contributed by atoms with Crippen molar-refractivity contribution in [2.75, 3.05) is 13.1 Å². The monoisotopic (exact) mass is 141 g/mol. The molecule has 0 rings (SSSR count). The second-order valence-electron chi connectivity index (χ2n) is 3.74. The first-order chi connectivity index (χ1) is 4.52. The molecule has 0 saturated heterocycles. The molecule has 0 aromatic rings. The van der Waals surface area contributed by atoms with Crippen LogP contribution in [-0.2, 0) is 0 Å². The summed E-state index contributed by atoms with van der Waals surface area (Å²) >= 11 is 0. The molecule has 0 bridgehead atoms. The number of hydrogen-bond donors (Lipinski definition) is 0. The number of hydrogen-bond acceptors (Lipinski definition) is 1. The van der Waals surface area contributed by atoms with E-state index in [0.717, 1.165) is 13.1 Å². The second-order valence-corrected chi connectivity index (χ2v) is 3.74. The van der Waals surface area contributed by atoms with Gasteiger partial charge in [-0.25, -0.2) is 0 Å². The van der Waals surface area contributed by atoms with E-state index in [4.69, 9.17) is 7.05 Å². The third-order valence-corrected chi connectivity index (χ3v) is 1.20. The minimum absolute atomic E-state index is 0.670. The fraction of sp³-hybridized carbons (Fsp3) is 0.889. The third kappa shape index (κ3) is 6.09. The summed E-state index contributed by atoms with van der Waals surface area (Å²) in [5.74, 6) is 1.34. The Morgan fingerprint density at radius 1 is 1.00 bits per heavy atom. The lowest BCUT2D eigenvalue weighted by Crippen LogP contribution is -2.25. The van der Waals surface area contributed by atoms with Crippen molar-refractivity contribution in [1.82, 2.24) is 4.90 Å². The zero-order valence-corrected chi connectivity index (χ0v) is 7.59. The van der Waals surface area contributed by atoms with Crippen molar-refractivity contribution in [3.05, 3.63) is 7.05 Å². The average Bonchev–Trinajstić information content (AvgIpc) is 1.58. The molecule has 0 N–H and O–H groups in total. The van der Waals surface area contributed by atoms with Crippen LogP contribution in [0.25, 0.3) is 0 Å². The van der Waals surface area contributed by atoms with Crippen LogP contribution in [0.1, 0.15) is 27.7 Å². The summed E-state index contributed by atoms with van der Waals surface area (Å²) in [5.41, 5.74) is 0. The Hall–Kier alpha value is -0.0400. The Balaban J connectivity index is 3.34. The molecule has 1 nitrogen and oxygen atoms in total. The maximum Gasteiger partial charge on any atom is 0.0439 e. The highest BCUT2D eigenvalue weighted by Crippen LogP contribution is 2.00. The first-order valence-corrected chi connectivity index (χ1v) is 4.02. The zero-order chi connectivity index (χ0) is 8.15. The minimum Gasteiger partial charge on any atom is -0.297 e. The summed E-state index contributed by atoms with van der Waals surface area (Å²) in [5, 5.41) is 0. The summed E-state index contributed by atoms with van der Waals surface area (Å²) in [6, 6.07) is 0. The van der Waals surface area contributed by atoms with E-state index in [1.807, 2.05) is 4.90 Å². The van der Waals surface area contributed by atoms with Crippen LogP contribution in [0.4, 0.5) is 0 Å². The van der Waals surface area contributed by atoms with Crippen molar-refractivity contribution >= 4 is 0 Å². The Morgan fingerprint density at radius 3 is 1.50 bits per heavy atom. The summed E-state index contributed by atoms with van der Waals surface area (Å²) in [7, 11) is 5.71. The largest absolute Gasteiger partial charge is 0.297 e. The van der Waals surface area contributed by atoms with Gasteiger partial charge in [0.1, 0.15) is 0 Å². The van der Waals surface area contributed by atoms with Crippen molar-refractivity contribution < 1.29 is 0 Å². The fourth-order valence-corrected chi connectivity index (χ4v) is 1.01. The van der Waals surface area contributed by atoms with Crippen LogP contribution < -0.4 is 0 Å². The van der Waals surface area contributed by atoms with E-state index in [9.17, 15) is 0 Å². The van der Waals surface area contributed by atoms with Gasteiger partial charge in [-0.1, -0.05) is 27.7 Å². The summed E-state index contributed by atoms with van der Waals surface area (Å²) in [4.78, 5) is 1.90. The van der Waals surface area contributed by atoms with Crippen molar-refractivity contribution in [3.8, 4) is 0 Å². The molecule has 0 saturated carbocycles. The van der Waals surface area contributed by atoms with Crippen LogP contribution in [-0.4, -0.2) is 18.0 Å².